The minimum atomic E-state index is -1.10. The second-order valence-electron chi connectivity index (χ2n) is 7.73. The fourth-order valence-electron chi connectivity index (χ4n) is 3.50. The molecule has 0 fully saturated rings. The van der Waals surface area contributed by atoms with Crippen LogP contribution in [0.4, 0.5) is 0 Å². The van der Waals surface area contributed by atoms with Crippen LogP contribution in [-0.4, -0.2) is 22.8 Å². The van der Waals surface area contributed by atoms with Gasteiger partial charge in [-0.25, -0.2) is 9.59 Å². The number of carboxylic acids is 1. The summed E-state index contributed by atoms with van der Waals surface area (Å²) >= 11 is 0. The molecule has 0 saturated heterocycles. The van der Waals surface area contributed by atoms with E-state index in [4.69, 9.17) is 14.6 Å². The molecular formula is C29H22O6. The molecule has 0 spiro atoms. The van der Waals surface area contributed by atoms with Gasteiger partial charge >= 0.3 is 11.9 Å². The van der Waals surface area contributed by atoms with E-state index in [1.807, 2.05) is 60.7 Å². The van der Waals surface area contributed by atoms with Gasteiger partial charge in [0.1, 0.15) is 19.0 Å². The molecule has 0 aliphatic carbocycles. The van der Waals surface area contributed by atoms with Gasteiger partial charge in [0, 0.05) is 5.56 Å². The maximum atomic E-state index is 13.5. The van der Waals surface area contributed by atoms with Gasteiger partial charge in [0.05, 0.1) is 16.7 Å². The summed E-state index contributed by atoms with van der Waals surface area (Å²) in [4.78, 5) is 37.8. The first-order valence-electron chi connectivity index (χ1n) is 10.9. The second-order valence-corrected chi connectivity index (χ2v) is 7.73. The average Bonchev–Trinajstić information content (AvgIpc) is 2.91. The van der Waals surface area contributed by atoms with Crippen LogP contribution in [0.25, 0.3) is 0 Å². The van der Waals surface area contributed by atoms with E-state index < -0.39 is 17.7 Å². The molecule has 6 heteroatoms. The minimum Gasteiger partial charge on any atom is -0.488 e. The van der Waals surface area contributed by atoms with E-state index in [0.29, 0.717) is 0 Å². The van der Waals surface area contributed by atoms with E-state index >= 15 is 0 Å². The molecule has 6 nitrogen and oxygen atoms in total. The Morgan fingerprint density at radius 1 is 0.629 bits per heavy atom. The topological polar surface area (TPSA) is 89.9 Å². The van der Waals surface area contributed by atoms with Gasteiger partial charge in [0.25, 0.3) is 0 Å². The Kier molecular flexibility index (Phi) is 7.33. The van der Waals surface area contributed by atoms with Gasteiger partial charge in [0.2, 0.25) is 0 Å². The molecule has 0 atom stereocenters. The highest BCUT2D eigenvalue weighted by atomic mass is 16.5. The molecule has 35 heavy (non-hydrogen) atoms. The molecule has 0 bridgehead atoms. The Bertz CT molecular complexity index is 1330. The van der Waals surface area contributed by atoms with Gasteiger partial charge in [-0.05, 0) is 35.4 Å². The maximum Gasteiger partial charge on any atom is 0.339 e. The van der Waals surface area contributed by atoms with E-state index in [2.05, 4.69) is 0 Å². The molecule has 4 rings (SSSR count). The van der Waals surface area contributed by atoms with Gasteiger partial charge in [-0.3, -0.25) is 4.79 Å². The number of aromatic carboxylic acids is 1. The summed E-state index contributed by atoms with van der Waals surface area (Å²) in [6.45, 7) is 0.247. The average molecular weight is 466 g/mol. The number of benzene rings is 4. The number of hydrogen-bond acceptors (Lipinski definition) is 5. The molecule has 0 radical (unpaired) electrons. The van der Waals surface area contributed by atoms with Crippen LogP contribution in [0.2, 0.25) is 0 Å². The monoisotopic (exact) mass is 466 g/mol. The normalized spacial score (nSPS) is 10.4. The molecule has 174 valence electrons. The largest absolute Gasteiger partial charge is 0.488 e. The fraction of sp³-hybridized carbons (Fsp3) is 0.0690. The Balaban J connectivity index is 1.67. The number of carbonyl (C=O) groups is 3. The number of rotatable bonds is 9. The summed E-state index contributed by atoms with van der Waals surface area (Å²) in [5, 5.41) is 9.16. The van der Waals surface area contributed by atoms with Crippen molar-refractivity contribution in [1.29, 1.82) is 0 Å². The van der Waals surface area contributed by atoms with Crippen molar-refractivity contribution in [2.75, 3.05) is 0 Å². The molecule has 4 aromatic carbocycles. The van der Waals surface area contributed by atoms with Crippen molar-refractivity contribution in [3.8, 4) is 5.75 Å². The van der Waals surface area contributed by atoms with Crippen molar-refractivity contribution >= 4 is 17.7 Å². The molecule has 0 unspecified atom stereocenters. The van der Waals surface area contributed by atoms with Crippen molar-refractivity contribution in [2.45, 2.75) is 13.2 Å². The van der Waals surface area contributed by atoms with Crippen LogP contribution in [0.5, 0.6) is 5.75 Å². The van der Waals surface area contributed by atoms with E-state index in [1.165, 1.54) is 30.3 Å². The molecule has 4 aromatic rings. The zero-order valence-corrected chi connectivity index (χ0v) is 18.7. The number of ketones is 1. The van der Waals surface area contributed by atoms with E-state index in [1.54, 1.807) is 12.1 Å². The second kappa shape index (κ2) is 10.9. The quantitative estimate of drug-likeness (QED) is 0.257. The van der Waals surface area contributed by atoms with Gasteiger partial charge in [-0.15, -0.1) is 0 Å². The van der Waals surface area contributed by atoms with Crippen LogP contribution in [0.15, 0.2) is 103 Å². The van der Waals surface area contributed by atoms with Crippen molar-refractivity contribution in [3.05, 3.63) is 137 Å². The first-order chi connectivity index (χ1) is 17.0. The SMILES string of the molecule is O=C(O)c1ccc(C(=O)c2c(OCc3ccccc3)cccc2C(=O)OCc2ccccc2)cc1. The standard InChI is InChI=1S/C29H22O6/c30-27(22-14-16-23(17-15-22)28(31)32)26-24(29(33)35-19-21-10-5-2-6-11-21)12-7-13-25(26)34-18-20-8-3-1-4-9-20/h1-17H,18-19H2,(H,31,32). The van der Waals surface area contributed by atoms with Crippen LogP contribution in [0.1, 0.15) is 47.8 Å². The van der Waals surface area contributed by atoms with Gasteiger partial charge in [-0.1, -0.05) is 78.9 Å². The molecule has 0 aliphatic heterocycles. The molecular weight excluding hydrogens is 444 g/mol. The minimum absolute atomic E-state index is 0.0513. The van der Waals surface area contributed by atoms with E-state index in [9.17, 15) is 14.4 Å². The third-order valence-corrected chi connectivity index (χ3v) is 5.32. The predicted molar refractivity (Wildman–Crippen MR) is 130 cm³/mol. The highest BCUT2D eigenvalue weighted by Gasteiger charge is 2.24. The Morgan fingerprint density at radius 2 is 1.20 bits per heavy atom. The maximum absolute atomic E-state index is 13.5. The first kappa shape index (κ1) is 23.4. The molecule has 0 aliphatic rings. The zero-order valence-electron chi connectivity index (χ0n) is 18.7. The highest BCUT2D eigenvalue weighted by Crippen LogP contribution is 2.28. The van der Waals surface area contributed by atoms with Gasteiger partial charge in [0.15, 0.2) is 5.78 Å². The van der Waals surface area contributed by atoms with Crippen LogP contribution in [0.3, 0.4) is 0 Å². The third-order valence-electron chi connectivity index (χ3n) is 5.32. The van der Waals surface area contributed by atoms with Crippen LogP contribution >= 0.6 is 0 Å². The number of ether oxygens (including phenoxy) is 2. The van der Waals surface area contributed by atoms with E-state index in [-0.39, 0.29) is 41.2 Å². The van der Waals surface area contributed by atoms with Crippen molar-refractivity contribution in [2.24, 2.45) is 0 Å². The lowest BCUT2D eigenvalue weighted by Gasteiger charge is -2.15. The summed E-state index contributed by atoms with van der Waals surface area (Å²) in [6, 6.07) is 28.9. The Labute approximate surface area is 202 Å². The number of carbonyl (C=O) groups excluding carboxylic acids is 2. The van der Waals surface area contributed by atoms with Crippen LogP contribution in [0, 0.1) is 0 Å². The number of carboxylic acid groups (broad SMARTS) is 1. The molecule has 0 heterocycles. The van der Waals surface area contributed by atoms with Crippen LogP contribution in [-0.2, 0) is 18.0 Å². The van der Waals surface area contributed by atoms with Gasteiger partial charge < -0.3 is 14.6 Å². The number of esters is 1. The zero-order chi connectivity index (χ0) is 24.6. The van der Waals surface area contributed by atoms with Crippen molar-refractivity contribution in [3.63, 3.8) is 0 Å². The van der Waals surface area contributed by atoms with Crippen LogP contribution < -0.4 is 4.74 Å². The lowest BCUT2D eigenvalue weighted by atomic mass is 9.96. The summed E-state index contributed by atoms with van der Waals surface area (Å²) in [6.07, 6.45) is 0. The number of hydrogen-bond donors (Lipinski definition) is 1. The van der Waals surface area contributed by atoms with Crippen molar-refractivity contribution in [1.82, 2.24) is 0 Å². The molecule has 0 aromatic heterocycles. The summed E-state index contributed by atoms with van der Waals surface area (Å²) in [5.41, 5.74) is 2.12. The Hall–Kier alpha value is -4.71. The van der Waals surface area contributed by atoms with Gasteiger partial charge in [-0.2, -0.15) is 0 Å². The smallest absolute Gasteiger partial charge is 0.339 e. The summed E-state index contributed by atoms with van der Waals surface area (Å²) in [5.74, 6) is -2.00. The molecule has 0 amide bonds. The van der Waals surface area contributed by atoms with Crippen molar-refractivity contribution < 1.29 is 29.0 Å². The highest BCUT2D eigenvalue weighted by molar-refractivity contribution is 6.16. The lowest BCUT2D eigenvalue weighted by Crippen LogP contribution is -2.15. The summed E-state index contributed by atoms with van der Waals surface area (Å²) < 4.78 is 11.4. The summed E-state index contributed by atoms with van der Waals surface area (Å²) in [7, 11) is 0. The first-order valence-corrected chi connectivity index (χ1v) is 10.9. The fourth-order valence-corrected chi connectivity index (χ4v) is 3.50. The Morgan fingerprint density at radius 3 is 1.80 bits per heavy atom. The van der Waals surface area contributed by atoms with E-state index in [0.717, 1.165) is 11.1 Å². The third kappa shape index (κ3) is 5.81. The predicted octanol–water partition coefficient (Wildman–Crippen LogP) is 5.55. The lowest BCUT2D eigenvalue weighted by molar-refractivity contribution is 0.0469. The molecule has 1 N–H and O–H groups in total. The molecule has 0 saturated carbocycles.